The highest BCUT2D eigenvalue weighted by Crippen LogP contribution is 2.31. The van der Waals surface area contributed by atoms with E-state index >= 15 is 0 Å². The highest BCUT2D eigenvalue weighted by molar-refractivity contribution is 5.75. The Morgan fingerprint density at radius 1 is 1.36 bits per heavy atom. The van der Waals surface area contributed by atoms with Crippen LogP contribution in [0.2, 0.25) is 0 Å². The van der Waals surface area contributed by atoms with Crippen molar-refractivity contribution in [1.82, 2.24) is 25.1 Å². The molecule has 0 radical (unpaired) electrons. The minimum absolute atomic E-state index is 0.0440. The molecule has 25 heavy (non-hydrogen) atoms. The zero-order chi connectivity index (χ0) is 18.4. The van der Waals surface area contributed by atoms with Crippen LogP contribution in [0.3, 0.4) is 0 Å². The molecular weight excluding hydrogens is 339 g/mol. The molecular formula is C15H18F3N5O2. The number of aryl methyl sites for hydroxylation is 2. The standard InChI is InChI=1S/C15H18F3N5O2/c1-3-20-12(24)6-4-5-10-8-19-9-13(21-10)25-14-7-11(15(16,17)18)22-23(14)2/h7-9H,3-6H2,1-2H3,(H,20,24). The number of rotatable bonds is 7. The molecule has 0 spiro atoms. The summed E-state index contributed by atoms with van der Waals surface area (Å²) >= 11 is 0. The first-order valence-corrected chi connectivity index (χ1v) is 7.66. The molecule has 0 atom stereocenters. The highest BCUT2D eigenvalue weighted by Gasteiger charge is 2.35. The first kappa shape index (κ1) is 18.7. The fraction of sp³-hybridized carbons (Fsp3) is 0.467. The van der Waals surface area contributed by atoms with Gasteiger partial charge >= 0.3 is 6.18 Å². The van der Waals surface area contributed by atoms with E-state index in [-0.39, 0.29) is 17.7 Å². The minimum Gasteiger partial charge on any atom is -0.419 e. The lowest BCUT2D eigenvalue weighted by atomic mass is 10.2. The van der Waals surface area contributed by atoms with Crippen LogP contribution in [0.15, 0.2) is 18.5 Å². The van der Waals surface area contributed by atoms with Crippen molar-refractivity contribution >= 4 is 5.91 Å². The average molecular weight is 357 g/mol. The topological polar surface area (TPSA) is 81.9 Å². The molecule has 0 saturated carbocycles. The van der Waals surface area contributed by atoms with Gasteiger partial charge in [-0.2, -0.15) is 18.3 Å². The second-order valence-corrected chi connectivity index (χ2v) is 5.25. The van der Waals surface area contributed by atoms with Crippen LogP contribution >= 0.6 is 0 Å². The number of hydrogen-bond donors (Lipinski definition) is 1. The van der Waals surface area contributed by atoms with Gasteiger partial charge in [-0.15, -0.1) is 0 Å². The number of hydrogen-bond acceptors (Lipinski definition) is 5. The van der Waals surface area contributed by atoms with Gasteiger partial charge in [0.2, 0.25) is 17.7 Å². The van der Waals surface area contributed by atoms with E-state index in [1.165, 1.54) is 19.4 Å². The number of aromatic nitrogens is 4. The van der Waals surface area contributed by atoms with Gasteiger partial charge < -0.3 is 10.1 Å². The first-order chi connectivity index (χ1) is 11.8. The lowest BCUT2D eigenvalue weighted by Crippen LogP contribution is -2.22. The second kappa shape index (κ2) is 7.95. The minimum atomic E-state index is -4.55. The van der Waals surface area contributed by atoms with E-state index in [0.29, 0.717) is 31.5 Å². The molecule has 0 aliphatic carbocycles. The van der Waals surface area contributed by atoms with Crippen molar-refractivity contribution in [1.29, 1.82) is 0 Å². The van der Waals surface area contributed by atoms with Gasteiger partial charge in [-0.05, 0) is 19.8 Å². The molecule has 0 fully saturated rings. The molecule has 0 unspecified atom stereocenters. The SMILES string of the molecule is CCNC(=O)CCCc1cncc(Oc2cc(C(F)(F)F)nn2C)n1. The van der Waals surface area contributed by atoms with Crippen LogP contribution in [0, 0.1) is 0 Å². The summed E-state index contributed by atoms with van der Waals surface area (Å²) in [5, 5.41) is 6.06. The number of nitrogens with zero attached hydrogens (tertiary/aromatic N) is 4. The number of alkyl halides is 3. The smallest absolute Gasteiger partial charge is 0.419 e. The van der Waals surface area contributed by atoms with Gasteiger partial charge in [-0.3, -0.25) is 9.78 Å². The van der Waals surface area contributed by atoms with Crippen molar-refractivity contribution in [3.05, 3.63) is 29.8 Å². The summed E-state index contributed by atoms with van der Waals surface area (Å²) < 4.78 is 44.3. The van der Waals surface area contributed by atoms with Gasteiger partial charge in [-0.1, -0.05) is 0 Å². The van der Waals surface area contributed by atoms with Crippen LogP contribution in [0.5, 0.6) is 11.8 Å². The van der Waals surface area contributed by atoms with E-state index in [0.717, 1.165) is 10.7 Å². The lowest BCUT2D eigenvalue weighted by Gasteiger charge is -2.06. The molecule has 2 aromatic heterocycles. The lowest BCUT2D eigenvalue weighted by molar-refractivity contribution is -0.141. The van der Waals surface area contributed by atoms with E-state index in [9.17, 15) is 18.0 Å². The zero-order valence-electron chi connectivity index (χ0n) is 13.8. The Hall–Kier alpha value is -2.65. The maximum absolute atomic E-state index is 12.7. The van der Waals surface area contributed by atoms with Gasteiger partial charge in [0, 0.05) is 32.3 Å². The molecule has 0 aromatic carbocycles. The van der Waals surface area contributed by atoms with Crippen LogP contribution in [-0.2, 0) is 24.4 Å². The van der Waals surface area contributed by atoms with E-state index in [2.05, 4.69) is 20.4 Å². The summed E-state index contributed by atoms with van der Waals surface area (Å²) in [6.07, 6.45) is -0.291. The van der Waals surface area contributed by atoms with Crippen molar-refractivity contribution in [2.75, 3.05) is 6.54 Å². The van der Waals surface area contributed by atoms with Gasteiger partial charge in [0.15, 0.2) is 5.69 Å². The Kier molecular flexibility index (Phi) is 5.94. The Labute approximate surface area is 142 Å². The third-order valence-electron chi connectivity index (χ3n) is 3.21. The van der Waals surface area contributed by atoms with Crippen molar-refractivity contribution in [3.63, 3.8) is 0 Å². The molecule has 2 heterocycles. The molecule has 2 rings (SSSR count). The zero-order valence-corrected chi connectivity index (χ0v) is 13.8. The summed E-state index contributed by atoms with van der Waals surface area (Å²) in [7, 11) is 1.34. The number of carbonyl (C=O) groups excluding carboxylic acids is 1. The van der Waals surface area contributed by atoms with Crippen LogP contribution in [-0.4, -0.2) is 32.2 Å². The van der Waals surface area contributed by atoms with Crippen LogP contribution in [0.25, 0.3) is 0 Å². The Bertz CT molecular complexity index is 730. The van der Waals surface area contributed by atoms with E-state index < -0.39 is 11.9 Å². The number of carbonyl (C=O) groups is 1. The summed E-state index contributed by atoms with van der Waals surface area (Å²) in [5.74, 6) is -0.0780. The first-order valence-electron chi connectivity index (χ1n) is 7.66. The molecule has 10 heteroatoms. The monoisotopic (exact) mass is 357 g/mol. The maximum Gasteiger partial charge on any atom is 0.435 e. The largest absolute Gasteiger partial charge is 0.435 e. The van der Waals surface area contributed by atoms with Crippen molar-refractivity contribution in [2.45, 2.75) is 32.4 Å². The Morgan fingerprint density at radius 3 is 2.76 bits per heavy atom. The predicted molar refractivity (Wildman–Crippen MR) is 81.9 cm³/mol. The van der Waals surface area contributed by atoms with Gasteiger partial charge in [-0.25, -0.2) is 9.67 Å². The Balaban J connectivity index is 2.00. The van der Waals surface area contributed by atoms with Gasteiger partial charge in [0.25, 0.3) is 0 Å². The third-order valence-corrected chi connectivity index (χ3v) is 3.21. The van der Waals surface area contributed by atoms with Crippen LogP contribution in [0.1, 0.15) is 31.2 Å². The highest BCUT2D eigenvalue weighted by atomic mass is 19.4. The van der Waals surface area contributed by atoms with E-state index in [1.54, 1.807) is 0 Å². The molecule has 136 valence electrons. The van der Waals surface area contributed by atoms with Crippen molar-refractivity contribution in [2.24, 2.45) is 7.05 Å². The molecule has 2 aromatic rings. The quantitative estimate of drug-likeness (QED) is 0.823. The third kappa shape index (κ3) is 5.44. The normalized spacial score (nSPS) is 11.4. The number of nitrogens with one attached hydrogen (secondary N) is 1. The van der Waals surface area contributed by atoms with E-state index in [4.69, 9.17) is 4.74 Å². The maximum atomic E-state index is 12.7. The molecule has 1 N–H and O–H groups in total. The van der Waals surface area contributed by atoms with E-state index in [1.807, 2.05) is 6.92 Å². The summed E-state index contributed by atoms with van der Waals surface area (Å²) in [6, 6.07) is 0.795. The fourth-order valence-corrected chi connectivity index (χ4v) is 2.06. The van der Waals surface area contributed by atoms with Crippen molar-refractivity contribution in [3.8, 4) is 11.8 Å². The summed E-state index contributed by atoms with van der Waals surface area (Å²) in [4.78, 5) is 19.5. The summed E-state index contributed by atoms with van der Waals surface area (Å²) in [5.41, 5.74) is -0.462. The Morgan fingerprint density at radius 2 is 2.12 bits per heavy atom. The molecule has 0 aliphatic rings. The van der Waals surface area contributed by atoms with Crippen LogP contribution in [0.4, 0.5) is 13.2 Å². The van der Waals surface area contributed by atoms with Crippen molar-refractivity contribution < 1.29 is 22.7 Å². The van der Waals surface area contributed by atoms with Crippen LogP contribution < -0.4 is 10.1 Å². The molecule has 0 bridgehead atoms. The second-order valence-electron chi connectivity index (χ2n) is 5.25. The fourth-order valence-electron chi connectivity index (χ4n) is 2.06. The molecule has 0 aliphatic heterocycles. The molecule has 7 nitrogen and oxygen atoms in total. The predicted octanol–water partition coefficient (Wildman–Crippen LogP) is 2.48. The summed E-state index contributed by atoms with van der Waals surface area (Å²) in [6.45, 7) is 2.42. The average Bonchev–Trinajstić information content (AvgIpc) is 2.89. The number of halogens is 3. The number of ether oxygens (including phenoxy) is 1. The van der Waals surface area contributed by atoms with Gasteiger partial charge in [0.1, 0.15) is 0 Å². The van der Waals surface area contributed by atoms with Gasteiger partial charge in [0.05, 0.1) is 11.9 Å². The molecule has 0 saturated heterocycles. The number of amides is 1. The molecule has 1 amide bonds.